The van der Waals surface area contributed by atoms with E-state index < -0.39 is 11.9 Å². The molecule has 0 aliphatic carbocycles. The number of hydrogen-bond acceptors (Lipinski definition) is 7. The average molecular weight is 484 g/mol. The molecule has 0 spiro atoms. The predicted octanol–water partition coefficient (Wildman–Crippen LogP) is 6.36. The Bertz CT molecular complexity index is 1440. The Morgan fingerprint density at radius 2 is 1.94 bits per heavy atom. The van der Waals surface area contributed by atoms with Crippen LogP contribution in [0, 0.1) is 0 Å². The molecule has 0 saturated carbocycles. The van der Waals surface area contributed by atoms with Crippen molar-refractivity contribution in [2.24, 2.45) is 4.99 Å². The van der Waals surface area contributed by atoms with E-state index in [4.69, 9.17) is 37.1 Å². The van der Waals surface area contributed by atoms with Crippen LogP contribution in [0.1, 0.15) is 21.0 Å². The minimum Gasteiger partial charge on any atom is -0.457 e. The summed E-state index contributed by atoms with van der Waals surface area (Å²) in [6.45, 7) is 0. The molecule has 5 rings (SSSR count). The average Bonchev–Trinajstić information content (AvgIpc) is 3.50. The van der Waals surface area contributed by atoms with Crippen molar-refractivity contribution < 1.29 is 23.5 Å². The molecule has 4 aromatic rings. The highest BCUT2D eigenvalue weighted by Crippen LogP contribution is 2.38. The first-order valence-electron chi connectivity index (χ1n) is 9.25. The van der Waals surface area contributed by atoms with E-state index in [0.29, 0.717) is 20.5 Å². The second-order valence-electron chi connectivity index (χ2n) is 6.63. The fraction of sp³-hybridized carbons (Fsp3) is 0. The van der Waals surface area contributed by atoms with E-state index in [1.165, 1.54) is 29.7 Å². The third kappa shape index (κ3) is 3.82. The Labute approximate surface area is 195 Å². The van der Waals surface area contributed by atoms with Crippen LogP contribution in [0.4, 0.5) is 0 Å². The normalized spacial score (nSPS) is 14.6. The smallest absolute Gasteiger partial charge is 0.379 e. The highest BCUT2D eigenvalue weighted by molar-refractivity contribution is 7.21. The van der Waals surface area contributed by atoms with Gasteiger partial charge in [-0.1, -0.05) is 47.5 Å². The Balaban J connectivity index is 1.49. The van der Waals surface area contributed by atoms with Gasteiger partial charge in [0.1, 0.15) is 10.6 Å². The van der Waals surface area contributed by atoms with Crippen LogP contribution >= 0.6 is 34.5 Å². The van der Waals surface area contributed by atoms with Crippen LogP contribution in [0.5, 0.6) is 5.75 Å². The SMILES string of the molecule is O=C1OC(c2sc3cc(Cl)ccc3c2Cl)=N/C1=C/c1ccccc1OC(=O)c1ccco1. The van der Waals surface area contributed by atoms with Crippen LogP contribution in [-0.4, -0.2) is 17.8 Å². The first-order chi connectivity index (χ1) is 15.5. The number of nitrogens with zero attached hydrogens (tertiary/aromatic N) is 1. The van der Waals surface area contributed by atoms with Crippen LogP contribution in [0.3, 0.4) is 0 Å². The molecular formula is C23H11Cl2NO5S. The lowest BCUT2D eigenvalue weighted by molar-refractivity contribution is -0.129. The van der Waals surface area contributed by atoms with Gasteiger partial charge in [-0.15, -0.1) is 11.3 Å². The van der Waals surface area contributed by atoms with Gasteiger partial charge in [-0.3, -0.25) is 0 Å². The number of benzene rings is 2. The Morgan fingerprint density at radius 1 is 1.09 bits per heavy atom. The molecule has 158 valence electrons. The Hall–Kier alpha value is -3.39. The Kier molecular flexibility index (Phi) is 5.30. The minimum atomic E-state index is -0.658. The number of hydrogen-bond donors (Lipinski definition) is 0. The zero-order chi connectivity index (χ0) is 22.2. The summed E-state index contributed by atoms with van der Waals surface area (Å²) in [5, 5.41) is 1.80. The number of furan rings is 1. The van der Waals surface area contributed by atoms with Crippen molar-refractivity contribution in [1.29, 1.82) is 0 Å². The van der Waals surface area contributed by atoms with Gasteiger partial charge in [0.15, 0.2) is 5.70 Å². The van der Waals surface area contributed by atoms with Crippen LogP contribution in [-0.2, 0) is 9.53 Å². The van der Waals surface area contributed by atoms with Gasteiger partial charge in [-0.25, -0.2) is 14.6 Å². The molecule has 0 radical (unpaired) electrons. The molecule has 6 nitrogen and oxygen atoms in total. The number of fused-ring (bicyclic) bond motifs is 1. The van der Waals surface area contributed by atoms with E-state index in [1.54, 1.807) is 48.5 Å². The summed E-state index contributed by atoms with van der Waals surface area (Å²) in [6, 6.07) is 15.1. The molecule has 0 N–H and O–H groups in total. The van der Waals surface area contributed by atoms with Gasteiger partial charge in [0.05, 0.1) is 11.3 Å². The summed E-state index contributed by atoms with van der Waals surface area (Å²) in [4.78, 5) is 29.6. The van der Waals surface area contributed by atoms with Gasteiger partial charge >= 0.3 is 11.9 Å². The highest BCUT2D eigenvalue weighted by Gasteiger charge is 2.28. The lowest BCUT2D eigenvalue weighted by atomic mass is 10.1. The van der Waals surface area contributed by atoms with Crippen molar-refractivity contribution in [3.05, 3.63) is 92.8 Å². The number of esters is 2. The number of carbonyl (C=O) groups excluding carboxylic acids is 2. The summed E-state index contributed by atoms with van der Waals surface area (Å²) >= 11 is 13.9. The third-order valence-electron chi connectivity index (χ3n) is 4.54. The number of rotatable bonds is 4. The fourth-order valence-corrected chi connectivity index (χ4v) is 4.78. The van der Waals surface area contributed by atoms with Gasteiger partial charge in [0, 0.05) is 20.7 Å². The van der Waals surface area contributed by atoms with Crippen molar-refractivity contribution in [1.82, 2.24) is 0 Å². The molecule has 0 unspecified atom stereocenters. The van der Waals surface area contributed by atoms with Crippen LogP contribution in [0.2, 0.25) is 10.0 Å². The molecule has 9 heteroatoms. The molecule has 0 atom stereocenters. The van der Waals surface area contributed by atoms with Gasteiger partial charge in [-0.05, 0) is 36.4 Å². The van der Waals surface area contributed by atoms with E-state index in [0.717, 1.165) is 10.1 Å². The maximum absolute atomic E-state index is 12.5. The summed E-state index contributed by atoms with van der Waals surface area (Å²) in [6.07, 6.45) is 2.86. The number of thiophene rings is 1. The van der Waals surface area contributed by atoms with Crippen LogP contribution in [0.15, 0.2) is 76.0 Å². The number of halogens is 2. The largest absolute Gasteiger partial charge is 0.457 e. The second kappa shape index (κ2) is 8.27. The zero-order valence-corrected chi connectivity index (χ0v) is 18.3. The van der Waals surface area contributed by atoms with E-state index >= 15 is 0 Å². The minimum absolute atomic E-state index is 0.0491. The van der Waals surface area contributed by atoms with Gasteiger partial charge in [0.2, 0.25) is 11.7 Å². The maximum Gasteiger partial charge on any atom is 0.379 e. The lowest BCUT2D eigenvalue weighted by Gasteiger charge is -2.06. The van der Waals surface area contributed by atoms with Gasteiger partial charge < -0.3 is 13.9 Å². The summed E-state index contributed by atoms with van der Waals surface area (Å²) in [5.41, 5.74) is 0.520. The summed E-state index contributed by atoms with van der Waals surface area (Å²) < 4.78 is 16.7. The number of carbonyl (C=O) groups is 2. The molecule has 0 amide bonds. The molecule has 1 aliphatic rings. The third-order valence-corrected chi connectivity index (χ3v) is 6.42. The molecule has 3 heterocycles. The monoisotopic (exact) mass is 483 g/mol. The predicted molar refractivity (Wildman–Crippen MR) is 123 cm³/mol. The van der Waals surface area contributed by atoms with E-state index in [1.807, 2.05) is 0 Å². The topological polar surface area (TPSA) is 78.1 Å². The molecule has 0 fully saturated rings. The quantitative estimate of drug-likeness (QED) is 0.191. The summed E-state index contributed by atoms with van der Waals surface area (Å²) in [7, 11) is 0. The zero-order valence-electron chi connectivity index (χ0n) is 16.0. The van der Waals surface area contributed by atoms with Crippen molar-refractivity contribution in [3.8, 4) is 5.75 Å². The first kappa shape index (κ1) is 20.5. The van der Waals surface area contributed by atoms with Gasteiger partial charge in [-0.2, -0.15) is 0 Å². The number of aliphatic imine (C=N–C) groups is 1. The molecule has 32 heavy (non-hydrogen) atoms. The molecule has 0 bridgehead atoms. The van der Waals surface area contributed by atoms with E-state index in [2.05, 4.69) is 4.99 Å². The van der Waals surface area contributed by atoms with E-state index in [9.17, 15) is 9.59 Å². The molecule has 1 aliphatic heterocycles. The number of cyclic esters (lactones) is 1. The highest BCUT2D eigenvalue weighted by atomic mass is 35.5. The molecule has 2 aromatic carbocycles. The van der Waals surface area contributed by atoms with Crippen molar-refractivity contribution in [3.63, 3.8) is 0 Å². The Morgan fingerprint density at radius 3 is 2.75 bits per heavy atom. The van der Waals surface area contributed by atoms with Gasteiger partial charge in [0.25, 0.3) is 0 Å². The van der Waals surface area contributed by atoms with Crippen molar-refractivity contribution >= 4 is 68.5 Å². The maximum atomic E-state index is 12.5. The lowest BCUT2D eigenvalue weighted by Crippen LogP contribution is -2.08. The van der Waals surface area contributed by atoms with E-state index in [-0.39, 0.29) is 23.1 Å². The van der Waals surface area contributed by atoms with Crippen molar-refractivity contribution in [2.45, 2.75) is 0 Å². The standard InChI is InChI=1S/C23H11Cl2NO5S/c24-13-7-8-14-18(11-13)32-20(19(14)25)21-26-15(22(27)31-21)10-12-4-1-2-5-16(12)30-23(28)17-6-3-9-29-17/h1-11H/b15-10+. The molecule has 0 saturated heterocycles. The van der Waals surface area contributed by atoms with Crippen LogP contribution in [0.25, 0.3) is 16.2 Å². The fourth-order valence-electron chi connectivity index (χ4n) is 3.07. The van der Waals surface area contributed by atoms with Crippen LogP contribution < -0.4 is 4.74 Å². The van der Waals surface area contributed by atoms with Crippen molar-refractivity contribution in [2.75, 3.05) is 0 Å². The number of para-hydroxylation sites is 1. The molecule has 2 aromatic heterocycles. The summed E-state index contributed by atoms with van der Waals surface area (Å²) in [5.74, 6) is -0.887. The number of ether oxygens (including phenoxy) is 2. The molecular weight excluding hydrogens is 473 g/mol. The second-order valence-corrected chi connectivity index (χ2v) is 8.49. The first-order valence-corrected chi connectivity index (χ1v) is 10.8.